The summed E-state index contributed by atoms with van der Waals surface area (Å²) in [6, 6.07) is 36.8. The number of fused-ring (bicyclic) bond motifs is 3. The maximum absolute atomic E-state index is 3.53. The van der Waals surface area contributed by atoms with Crippen LogP contribution in [0.4, 0.5) is 0 Å². The van der Waals surface area contributed by atoms with Crippen LogP contribution < -0.4 is 0 Å². The standard InChI is InChI=1S/C21H25.2C7H7.C5H5.2ClH.H2Si.Zr/c1-20(2,3)16-9-7-14-11-15-8-10-17(21(4,5)6)13-19(15)18(14)12-16;2*1-7-5-3-2-4-6-7;1-2-4-5-3-1;;;;/h7,9-10,12-13H,11H2,1-6H3;2*2-3,5-6H,1H3;1-3H,4H2;2*1H;1H2;/q4*-1;;;;. The molecule has 0 aromatic heterocycles. The molecule has 0 radical (unpaired) electrons. The third-order valence-electron chi connectivity index (χ3n) is 6.84. The van der Waals surface area contributed by atoms with E-state index in [9.17, 15) is 0 Å². The predicted molar refractivity (Wildman–Crippen MR) is 196 cm³/mol. The van der Waals surface area contributed by atoms with Gasteiger partial charge >= 0.3 is 30.2 Å². The molecule has 0 atom stereocenters. The van der Waals surface area contributed by atoms with Crippen molar-refractivity contribution in [1.29, 1.82) is 0 Å². The first-order chi connectivity index (χ1) is 19.9. The topological polar surface area (TPSA) is 0 Å². The monoisotopic (exact) mass is 716 g/mol. The van der Waals surface area contributed by atoms with Gasteiger partial charge in [0.25, 0.3) is 0 Å². The van der Waals surface area contributed by atoms with Crippen molar-refractivity contribution < 1.29 is 23.3 Å². The van der Waals surface area contributed by atoms with Gasteiger partial charge in [0.05, 0.1) is 0 Å². The van der Waals surface area contributed by atoms with Gasteiger partial charge in [0.15, 0.2) is 0 Å². The number of aryl methyl sites for hydroxylation is 2. The second-order valence-electron chi connectivity index (χ2n) is 12.5. The van der Waals surface area contributed by atoms with Crippen LogP contribution in [0.2, 0.25) is 0 Å². The van der Waals surface area contributed by atoms with Gasteiger partial charge in [-0.15, -0.1) is 36.8 Å². The predicted octanol–water partition coefficient (Wildman–Crippen LogP) is 10.5. The van der Waals surface area contributed by atoms with Crippen LogP contribution in [0.3, 0.4) is 0 Å². The fourth-order valence-electron chi connectivity index (χ4n) is 4.29. The molecular formula is C40H48Cl2SiZr-4. The van der Waals surface area contributed by atoms with E-state index >= 15 is 0 Å². The Balaban J connectivity index is 0.000000658. The summed E-state index contributed by atoms with van der Waals surface area (Å²) < 4.78 is 0. The molecular weight excluding hydrogens is 671 g/mol. The van der Waals surface area contributed by atoms with Crippen LogP contribution in [0.1, 0.15) is 81.3 Å². The normalized spacial score (nSPS) is 11.5. The molecule has 2 aliphatic rings. The Kier molecular flexibility index (Phi) is 20.0. The molecule has 0 nitrogen and oxygen atoms in total. The van der Waals surface area contributed by atoms with Crippen LogP contribution in [0, 0.1) is 38.1 Å². The molecule has 0 bridgehead atoms. The van der Waals surface area contributed by atoms with Gasteiger partial charge in [0, 0.05) is 0 Å². The Bertz CT molecular complexity index is 1320. The van der Waals surface area contributed by atoms with Gasteiger partial charge in [-0.3, -0.25) is 6.08 Å². The zero-order valence-corrected chi connectivity index (χ0v) is 33.2. The van der Waals surface area contributed by atoms with Gasteiger partial charge in [-0.2, -0.15) is 107 Å². The van der Waals surface area contributed by atoms with E-state index < -0.39 is 0 Å². The fraction of sp³-hybridized carbons (Fsp3) is 0.300. The van der Waals surface area contributed by atoms with Crippen LogP contribution in [0.15, 0.2) is 97.1 Å². The van der Waals surface area contributed by atoms with Crippen LogP contribution in [0.5, 0.6) is 0 Å². The zero-order chi connectivity index (χ0) is 31.2. The van der Waals surface area contributed by atoms with Crippen molar-refractivity contribution in [2.24, 2.45) is 0 Å². The Morgan fingerprint density at radius 3 is 1.61 bits per heavy atom. The Morgan fingerprint density at radius 2 is 1.25 bits per heavy atom. The number of hydrogen-bond acceptors (Lipinski definition) is 0. The number of benzene rings is 4. The van der Waals surface area contributed by atoms with Crippen molar-refractivity contribution in [3.63, 3.8) is 0 Å². The second-order valence-corrected chi connectivity index (χ2v) is 12.5. The molecule has 0 N–H and O–H groups in total. The van der Waals surface area contributed by atoms with Crippen molar-refractivity contribution in [2.45, 2.75) is 79.1 Å². The number of allylic oxidation sites excluding steroid dienone is 4. The first-order valence-electron chi connectivity index (χ1n) is 14.6. The molecule has 0 saturated heterocycles. The Hall–Kier alpha value is -1.96. The summed E-state index contributed by atoms with van der Waals surface area (Å²) in [6.45, 7) is 19.7. The molecule has 4 aromatic carbocycles. The SMILES string of the molecule is CC(C)(C)c1c[c-]c2c(c1)-c1cc(C(C)(C)C)ccc1C2.Cc1c[c-]ccc1.Cc1c[c-]ccc1.Cl.Cl.[C-]1=CC=CC1.[SiH2]=[Zr]. The summed E-state index contributed by atoms with van der Waals surface area (Å²) in [4.78, 5) is 0. The fourth-order valence-corrected chi connectivity index (χ4v) is 4.29. The third kappa shape index (κ3) is 14.4. The molecule has 4 aromatic rings. The third-order valence-corrected chi connectivity index (χ3v) is 6.84. The summed E-state index contributed by atoms with van der Waals surface area (Å²) >= 11 is 1.58. The summed E-state index contributed by atoms with van der Waals surface area (Å²) in [6.07, 6.45) is 11.0. The van der Waals surface area contributed by atoms with E-state index in [4.69, 9.17) is 0 Å². The number of rotatable bonds is 0. The van der Waals surface area contributed by atoms with Crippen LogP contribution in [-0.4, -0.2) is 6.88 Å². The van der Waals surface area contributed by atoms with E-state index in [0.717, 1.165) is 12.8 Å². The van der Waals surface area contributed by atoms with Crippen molar-refractivity contribution in [2.75, 3.05) is 0 Å². The number of hydrogen-bond donors (Lipinski definition) is 0. The molecule has 0 spiro atoms. The zero-order valence-electron chi connectivity index (χ0n) is 27.7. The molecule has 4 heteroatoms. The molecule has 44 heavy (non-hydrogen) atoms. The van der Waals surface area contributed by atoms with E-state index in [1.807, 2.05) is 55.4 Å². The minimum atomic E-state index is 0. The average molecular weight is 719 g/mol. The first-order valence-corrected chi connectivity index (χ1v) is 20.5. The van der Waals surface area contributed by atoms with E-state index in [-0.39, 0.29) is 35.6 Å². The first kappa shape index (κ1) is 42.0. The molecule has 0 saturated carbocycles. The average Bonchev–Trinajstić information content (AvgIpc) is 3.66. The molecule has 6 rings (SSSR count). The van der Waals surface area contributed by atoms with Crippen LogP contribution in [-0.2, 0) is 40.6 Å². The molecule has 0 aliphatic heterocycles. The molecule has 0 unspecified atom stereocenters. The van der Waals surface area contributed by atoms with E-state index in [2.05, 4.69) is 128 Å². The molecule has 0 amide bonds. The van der Waals surface area contributed by atoms with Gasteiger partial charge in [-0.05, 0) is 17.4 Å². The Morgan fingerprint density at radius 1 is 0.705 bits per heavy atom. The summed E-state index contributed by atoms with van der Waals surface area (Å²) in [5.74, 6) is 0. The van der Waals surface area contributed by atoms with Gasteiger partial charge in [0.2, 0.25) is 0 Å². The van der Waals surface area contributed by atoms with E-state index in [1.54, 1.807) is 23.3 Å². The second kappa shape index (κ2) is 21.0. The molecule has 2 aliphatic carbocycles. The molecule has 0 heterocycles. The van der Waals surface area contributed by atoms with Crippen molar-refractivity contribution >= 4 is 31.7 Å². The van der Waals surface area contributed by atoms with E-state index in [0.29, 0.717) is 0 Å². The Labute approximate surface area is 297 Å². The number of halogens is 2. The van der Waals surface area contributed by atoms with Gasteiger partial charge < -0.3 is 0 Å². The minimum absolute atomic E-state index is 0. The quantitative estimate of drug-likeness (QED) is 0.110. The van der Waals surface area contributed by atoms with Crippen molar-refractivity contribution in [1.82, 2.24) is 0 Å². The van der Waals surface area contributed by atoms with Crippen molar-refractivity contribution in [3.05, 3.63) is 155 Å². The van der Waals surface area contributed by atoms with Crippen LogP contribution in [0.25, 0.3) is 11.1 Å². The van der Waals surface area contributed by atoms with E-state index in [1.165, 1.54) is 44.5 Å². The van der Waals surface area contributed by atoms with Crippen LogP contribution >= 0.6 is 24.8 Å². The maximum atomic E-state index is 3.53. The van der Waals surface area contributed by atoms with Gasteiger partial charge in [-0.25, -0.2) is 12.2 Å². The van der Waals surface area contributed by atoms with Gasteiger partial charge in [-0.1, -0.05) is 90.1 Å². The van der Waals surface area contributed by atoms with Gasteiger partial charge in [0.1, 0.15) is 0 Å². The van der Waals surface area contributed by atoms with Crippen molar-refractivity contribution in [3.8, 4) is 11.1 Å². The summed E-state index contributed by atoms with van der Waals surface area (Å²) in [5, 5.41) is 0. The molecule has 0 fully saturated rings. The summed E-state index contributed by atoms with van der Waals surface area (Å²) in [5.41, 5.74) is 11.3. The molecule has 234 valence electrons. The summed E-state index contributed by atoms with van der Waals surface area (Å²) in [7, 11) is 0.